The molecular formula is C13H17ClN2O2. The molecule has 1 saturated heterocycles. The maximum atomic E-state index is 12.1. The van der Waals surface area contributed by atoms with Gasteiger partial charge in [-0.05, 0) is 31.0 Å². The van der Waals surface area contributed by atoms with E-state index in [9.17, 15) is 4.79 Å². The largest absolute Gasteiger partial charge is 0.380 e. The first-order chi connectivity index (χ1) is 8.60. The molecule has 1 aliphatic rings. The quantitative estimate of drug-likeness (QED) is 0.881. The molecule has 0 aliphatic carbocycles. The number of halogens is 1. The van der Waals surface area contributed by atoms with E-state index < -0.39 is 0 Å². The molecule has 0 saturated carbocycles. The van der Waals surface area contributed by atoms with Crippen molar-refractivity contribution in [3.63, 3.8) is 0 Å². The third kappa shape index (κ3) is 3.02. The average Bonchev–Trinajstić information content (AvgIpc) is 2.82. The Morgan fingerprint density at radius 1 is 1.56 bits per heavy atom. The van der Waals surface area contributed by atoms with Gasteiger partial charge in [-0.3, -0.25) is 4.79 Å². The molecule has 0 spiro atoms. The highest BCUT2D eigenvalue weighted by Crippen LogP contribution is 2.23. The first-order valence-corrected chi connectivity index (χ1v) is 6.31. The van der Waals surface area contributed by atoms with Crippen molar-refractivity contribution >= 4 is 23.2 Å². The van der Waals surface area contributed by atoms with Crippen molar-refractivity contribution in [1.29, 1.82) is 0 Å². The first-order valence-electron chi connectivity index (χ1n) is 5.93. The first kappa shape index (κ1) is 13.3. The maximum absolute atomic E-state index is 12.1. The molecule has 0 bridgehead atoms. The molecule has 2 unspecified atom stereocenters. The third-order valence-corrected chi connectivity index (χ3v) is 3.45. The Hall–Kier alpha value is -1.10. The number of methoxy groups -OCH3 is 1. The zero-order valence-electron chi connectivity index (χ0n) is 10.5. The van der Waals surface area contributed by atoms with Crippen LogP contribution in [0.15, 0.2) is 18.2 Å². The summed E-state index contributed by atoms with van der Waals surface area (Å²) in [6.07, 6.45) is 0.792. The lowest BCUT2D eigenvalue weighted by molar-refractivity contribution is -0.118. The molecule has 1 amide bonds. The van der Waals surface area contributed by atoms with E-state index in [2.05, 4.69) is 10.6 Å². The van der Waals surface area contributed by atoms with E-state index in [0.29, 0.717) is 23.7 Å². The van der Waals surface area contributed by atoms with Gasteiger partial charge in [-0.25, -0.2) is 0 Å². The van der Waals surface area contributed by atoms with Crippen molar-refractivity contribution in [2.24, 2.45) is 0 Å². The van der Waals surface area contributed by atoms with Crippen LogP contribution in [0.1, 0.15) is 12.0 Å². The van der Waals surface area contributed by atoms with E-state index in [1.54, 1.807) is 13.2 Å². The molecule has 0 radical (unpaired) electrons. The number of benzene rings is 1. The number of aryl methyl sites for hydroxylation is 1. The third-order valence-electron chi connectivity index (χ3n) is 3.12. The van der Waals surface area contributed by atoms with Crippen molar-refractivity contribution in [2.45, 2.75) is 25.5 Å². The summed E-state index contributed by atoms with van der Waals surface area (Å²) in [4.78, 5) is 12.1. The molecule has 1 aromatic carbocycles. The molecule has 4 nitrogen and oxygen atoms in total. The van der Waals surface area contributed by atoms with E-state index in [4.69, 9.17) is 16.3 Å². The molecule has 2 atom stereocenters. The fourth-order valence-electron chi connectivity index (χ4n) is 2.04. The van der Waals surface area contributed by atoms with Crippen molar-refractivity contribution in [3.05, 3.63) is 28.8 Å². The summed E-state index contributed by atoms with van der Waals surface area (Å²) in [5, 5.41) is 6.53. The summed E-state index contributed by atoms with van der Waals surface area (Å²) in [7, 11) is 1.66. The van der Waals surface area contributed by atoms with E-state index in [1.807, 2.05) is 19.1 Å². The lowest BCUT2D eigenvalue weighted by atomic mass is 10.1. The van der Waals surface area contributed by atoms with Crippen LogP contribution in [0, 0.1) is 6.92 Å². The van der Waals surface area contributed by atoms with Gasteiger partial charge in [-0.15, -0.1) is 0 Å². The van der Waals surface area contributed by atoms with Crippen molar-refractivity contribution in [3.8, 4) is 0 Å². The number of anilines is 1. The van der Waals surface area contributed by atoms with Gasteiger partial charge in [0.2, 0.25) is 5.91 Å². The van der Waals surface area contributed by atoms with Gasteiger partial charge in [-0.2, -0.15) is 0 Å². The van der Waals surface area contributed by atoms with Crippen LogP contribution in [-0.4, -0.2) is 31.7 Å². The van der Waals surface area contributed by atoms with E-state index in [-0.39, 0.29) is 18.1 Å². The lowest BCUT2D eigenvalue weighted by Crippen LogP contribution is -2.35. The molecule has 2 rings (SSSR count). The summed E-state index contributed by atoms with van der Waals surface area (Å²) >= 11 is 6.04. The second kappa shape index (κ2) is 5.69. The predicted molar refractivity (Wildman–Crippen MR) is 72.0 cm³/mol. The number of nitrogens with one attached hydrogen (secondary N) is 2. The minimum absolute atomic E-state index is 0.0675. The summed E-state index contributed by atoms with van der Waals surface area (Å²) in [5.74, 6) is -0.0675. The van der Waals surface area contributed by atoms with E-state index in [1.165, 1.54) is 0 Å². The Labute approximate surface area is 112 Å². The summed E-state index contributed by atoms with van der Waals surface area (Å²) in [6, 6.07) is 5.34. The number of amides is 1. The van der Waals surface area contributed by atoms with Crippen LogP contribution in [0.5, 0.6) is 0 Å². The van der Waals surface area contributed by atoms with Crippen LogP contribution < -0.4 is 10.6 Å². The minimum atomic E-state index is -0.216. The summed E-state index contributed by atoms with van der Waals surface area (Å²) in [6.45, 7) is 2.66. The predicted octanol–water partition coefficient (Wildman–Crippen LogP) is 1.96. The molecule has 2 N–H and O–H groups in total. The van der Waals surface area contributed by atoms with Crippen LogP contribution in [-0.2, 0) is 9.53 Å². The Balaban J connectivity index is 2.01. The smallest absolute Gasteiger partial charge is 0.241 e. The molecule has 1 fully saturated rings. The minimum Gasteiger partial charge on any atom is -0.380 e. The van der Waals surface area contributed by atoms with E-state index >= 15 is 0 Å². The standard InChI is InChI=1S/C13H17ClN2O2/c1-8-3-4-10(14)11(5-8)16-13(17)12-6-9(18-2)7-15-12/h3-5,9,12,15H,6-7H2,1-2H3,(H,16,17). The summed E-state index contributed by atoms with van der Waals surface area (Å²) < 4.78 is 5.22. The van der Waals surface area contributed by atoms with Gasteiger partial charge < -0.3 is 15.4 Å². The molecule has 0 aromatic heterocycles. The molecule has 5 heteroatoms. The number of hydrogen-bond donors (Lipinski definition) is 2. The zero-order chi connectivity index (χ0) is 13.1. The fourth-order valence-corrected chi connectivity index (χ4v) is 2.20. The van der Waals surface area contributed by atoms with Crippen LogP contribution in [0.25, 0.3) is 0 Å². The second-order valence-corrected chi connectivity index (χ2v) is 4.93. The van der Waals surface area contributed by atoms with Crippen molar-refractivity contribution < 1.29 is 9.53 Å². The Morgan fingerprint density at radius 2 is 2.33 bits per heavy atom. The van der Waals surface area contributed by atoms with Crippen molar-refractivity contribution in [2.75, 3.05) is 19.0 Å². The Bertz CT molecular complexity index is 451. The van der Waals surface area contributed by atoms with Gasteiger partial charge in [-0.1, -0.05) is 17.7 Å². The SMILES string of the molecule is COC1CNC(C(=O)Nc2cc(C)ccc2Cl)C1. The highest BCUT2D eigenvalue weighted by Gasteiger charge is 2.29. The number of ether oxygens (including phenoxy) is 1. The van der Waals surface area contributed by atoms with Gasteiger partial charge in [0.15, 0.2) is 0 Å². The van der Waals surface area contributed by atoms with Gasteiger partial charge in [0, 0.05) is 13.7 Å². The number of hydrogen-bond acceptors (Lipinski definition) is 3. The number of rotatable bonds is 3. The highest BCUT2D eigenvalue weighted by atomic mass is 35.5. The van der Waals surface area contributed by atoms with Gasteiger partial charge >= 0.3 is 0 Å². The molecule has 1 aromatic rings. The molecular weight excluding hydrogens is 252 g/mol. The van der Waals surface area contributed by atoms with Gasteiger partial charge in [0.05, 0.1) is 22.9 Å². The molecule has 18 heavy (non-hydrogen) atoms. The monoisotopic (exact) mass is 268 g/mol. The molecule has 1 aliphatic heterocycles. The lowest BCUT2D eigenvalue weighted by Gasteiger charge is -2.12. The fraction of sp³-hybridized carbons (Fsp3) is 0.462. The van der Waals surface area contributed by atoms with Crippen LogP contribution in [0.4, 0.5) is 5.69 Å². The summed E-state index contributed by atoms with van der Waals surface area (Å²) in [5.41, 5.74) is 1.72. The van der Waals surface area contributed by atoms with Gasteiger partial charge in [0.1, 0.15) is 0 Å². The zero-order valence-corrected chi connectivity index (χ0v) is 11.3. The topological polar surface area (TPSA) is 50.4 Å². The Morgan fingerprint density at radius 3 is 3.00 bits per heavy atom. The molecule has 1 heterocycles. The van der Waals surface area contributed by atoms with Crippen LogP contribution in [0.3, 0.4) is 0 Å². The Kier molecular flexibility index (Phi) is 4.22. The van der Waals surface area contributed by atoms with Crippen molar-refractivity contribution in [1.82, 2.24) is 5.32 Å². The number of carbonyl (C=O) groups is 1. The second-order valence-electron chi connectivity index (χ2n) is 4.53. The average molecular weight is 269 g/mol. The highest BCUT2D eigenvalue weighted by molar-refractivity contribution is 6.33. The number of carbonyl (C=O) groups excluding carboxylic acids is 1. The normalized spacial score (nSPS) is 23.1. The maximum Gasteiger partial charge on any atom is 0.241 e. The molecule has 98 valence electrons. The van der Waals surface area contributed by atoms with Gasteiger partial charge in [0.25, 0.3) is 0 Å². The van der Waals surface area contributed by atoms with Crippen LogP contribution in [0.2, 0.25) is 5.02 Å². The van der Waals surface area contributed by atoms with E-state index in [0.717, 1.165) is 5.56 Å². The van der Waals surface area contributed by atoms with Crippen LogP contribution >= 0.6 is 11.6 Å².